The predicted octanol–water partition coefficient (Wildman–Crippen LogP) is 6.92. The summed E-state index contributed by atoms with van der Waals surface area (Å²) in [5, 5.41) is 8.35. The Bertz CT molecular complexity index is 891. The minimum absolute atomic E-state index is 0.318. The normalized spacial score (nSPS) is 10.9. The number of rotatable bonds is 16. The molecule has 0 bridgehead atoms. The van der Waals surface area contributed by atoms with Gasteiger partial charge in [0, 0.05) is 18.6 Å². The molecule has 0 spiro atoms. The fourth-order valence-corrected chi connectivity index (χ4v) is 4.24. The van der Waals surface area contributed by atoms with Crippen LogP contribution in [0, 0.1) is 11.3 Å². The smallest absolute Gasteiger partial charge is 0.168 e. The van der Waals surface area contributed by atoms with Crippen molar-refractivity contribution in [2.24, 2.45) is 0 Å². The molecule has 5 nitrogen and oxygen atoms in total. The van der Waals surface area contributed by atoms with Crippen LogP contribution in [0.25, 0.3) is 0 Å². The molecule has 188 valence electrons. The van der Waals surface area contributed by atoms with E-state index in [0.29, 0.717) is 5.56 Å². The SMILES string of the molecule is CCCCCCCCCCCCCCCC[n+]1ccccc1.N#Cc1ccc(S(=O)(=O)[O-])cc1. The van der Waals surface area contributed by atoms with E-state index in [1.807, 2.05) is 6.07 Å². The van der Waals surface area contributed by atoms with Gasteiger partial charge in [0.15, 0.2) is 12.4 Å². The first-order chi connectivity index (χ1) is 16.5. The van der Waals surface area contributed by atoms with Crippen LogP contribution >= 0.6 is 0 Å². The van der Waals surface area contributed by atoms with Crippen molar-refractivity contribution in [3.63, 3.8) is 0 Å². The van der Waals surface area contributed by atoms with Gasteiger partial charge < -0.3 is 4.55 Å². The lowest BCUT2D eigenvalue weighted by Crippen LogP contribution is -2.32. The maximum absolute atomic E-state index is 10.4. The van der Waals surface area contributed by atoms with Gasteiger partial charge in [0.05, 0.1) is 16.5 Å². The molecule has 2 rings (SSSR count). The molecule has 0 aliphatic carbocycles. The summed E-state index contributed by atoms with van der Waals surface area (Å²) in [7, 11) is -4.39. The summed E-state index contributed by atoms with van der Waals surface area (Å²) in [6.45, 7) is 3.47. The zero-order valence-corrected chi connectivity index (χ0v) is 21.6. The van der Waals surface area contributed by atoms with Crippen LogP contribution in [-0.4, -0.2) is 13.0 Å². The highest BCUT2D eigenvalue weighted by Crippen LogP contribution is 2.13. The molecule has 6 heteroatoms. The van der Waals surface area contributed by atoms with Crippen molar-refractivity contribution < 1.29 is 17.5 Å². The molecule has 0 N–H and O–H groups in total. The minimum atomic E-state index is -4.39. The van der Waals surface area contributed by atoms with Crippen LogP contribution in [0.15, 0.2) is 59.8 Å². The average Bonchev–Trinajstić information content (AvgIpc) is 2.85. The summed E-state index contributed by atoms with van der Waals surface area (Å²) in [6.07, 6.45) is 24.4. The first kappa shape index (κ1) is 29.8. The monoisotopic (exact) mass is 486 g/mol. The second-order valence-corrected chi connectivity index (χ2v) is 10.2. The van der Waals surface area contributed by atoms with Gasteiger partial charge in [-0.1, -0.05) is 90.0 Å². The Hall–Kier alpha value is -2.23. The fourth-order valence-electron chi connectivity index (χ4n) is 3.77. The van der Waals surface area contributed by atoms with E-state index >= 15 is 0 Å². The lowest BCUT2D eigenvalue weighted by molar-refractivity contribution is -0.697. The van der Waals surface area contributed by atoms with Crippen LogP contribution in [0.1, 0.15) is 102 Å². The first-order valence-corrected chi connectivity index (χ1v) is 14.3. The van der Waals surface area contributed by atoms with Gasteiger partial charge in [-0.25, -0.2) is 13.0 Å². The molecule has 0 saturated heterocycles. The zero-order chi connectivity index (χ0) is 24.9. The molecule has 34 heavy (non-hydrogen) atoms. The number of unbranched alkanes of at least 4 members (excludes halogenated alkanes) is 13. The van der Waals surface area contributed by atoms with Gasteiger partial charge >= 0.3 is 0 Å². The molecule has 1 heterocycles. The average molecular weight is 487 g/mol. The molecule has 0 aliphatic heterocycles. The summed E-state index contributed by atoms with van der Waals surface area (Å²) in [4.78, 5) is -0.318. The van der Waals surface area contributed by atoms with Gasteiger partial charge in [-0.2, -0.15) is 5.26 Å². The van der Waals surface area contributed by atoms with E-state index < -0.39 is 10.1 Å². The number of hydrogen-bond donors (Lipinski definition) is 0. The highest BCUT2D eigenvalue weighted by molar-refractivity contribution is 7.85. The van der Waals surface area contributed by atoms with E-state index in [0.717, 1.165) is 12.1 Å². The Kier molecular flexibility index (Phi) is 16.8. The predicted molar refractivity (Wildman–Crippen MR) is 136 cm³/mol. The first-order valence-electron chi connectivity index (χ1n) is 12.9. The summed E-state index contributed by atoms with van der Waals surface area (Å²) in [5.74, 6) is 0. The van der Waals surface area contributed by atoms with Crippen molar-refractivity contribution in [2.45, 2.75) is 108 Å². The largest absolute Gasteiger partial charge is 0.744 e. The summed E-state index contributed by atoms with van der Waals surface area (Å²) >= 11 is 0. The van der Waals surface area contributed by atoms with Crippen molar-refractivity contribution in [1.29, 1.82) is 5.26 Å². The lowest BCUT2D eigenvalue weighted by Gasteiger charge is -2.05. The molecule has 0 aliphatic rings. The molecule has 2 aromatic rings. The molecule has 0 saturated carbocycles. The van der Waals surface area contributed by atoms with Crippen molar-refractivity contribution in [1.82, 2.24) is 0 Å². The van der Waals surface area contributed by atoms with Gasteiger partial charge in [0.1, 0.15) is 16.7 Å². The van der Waals surface area contributed by atoms with Gasteiger partial charge in [0.2, 0.25) is 0 Å². The Morgan fingerprint density at radius 1 is 0.735 bits per heavy atom. The Labute approximate surface area is 207 Å². The third-order valence-corrected chi connectivity index (χ3v) is 6.67. The standard InChI is InChI=1S/C21H38N.C7H5NO3S/c1-2-3-4-5-6-7-8-9-10-11-12-13-14-16-19-22-20-17-15-18-21-22;8-5-6-1-3-7(4-2-6)12(9,10)11/h15,17-18,20-21H,2-14,16,19H2,1H3;1-4H,(H,9,10,11)/q+1;/p-1. The lowest BCUT2D eigenvalue weighted by atomic mass is 10.0. The summed E-state index contributed by atoms with van der Waals surface area (Å²) < 4.78 is 33.5. The highest BCUT2D eigenvalue weighted by Gasteiger charge is 2.00. The Morgan fingerprint density at radius 3 is 1.59 bits per heavy atom. The zero-order valence-electron chi connectivity index (χ0n) is 20.8. The quantitative estimate of drug-likeness (QED) is 0.146. The van der Waals surface area contributed by atoms with E-state index in [1.165, 1.54) is 109 Å². The van der Waals surface area contributed by atoms with Crippen LogP contribution in [0.4, 0.5) is 0 Å². The number of aromatic nitrogens is 1. The van der Waals surface area contributed by atoms with E-state index in [-0.39, 0.29) is 4.90 Å². The van der Waals surface area contributed by atoms with Crippen LogP contribution in [0.3, 0.4) is 0 Å². The van der Waals surface area contributed by atoms with Crippen molar-refractivity contribution in [2.75, 3.05) is 0 Å². The van der Waals surface area contributed by atoms with E-state index in [9.17, 15) is 13.0 Å². The van der Waals surface area contributed by atoms with Gasteiger partial charge in [-0.15, -0.1) is 0 Å². The number of nitrogens with zero attached hydrogens (tertiary/aromatic N) is 2. The molecule has 0 unspecified atom stereocenters. The van der Waals surface area contributed by atoms with E-state index in [1.54, 1.807) is 0 Å². The number of pyridine rings is 1. The van der Waals surface area contributed by atoms with E-state index in [2.05, 4.69) is 42.1 Å². The molecule has 0 amide bonds. The van der Waals surface area contributed by atoms with Crippen LogP contribution < -0.4 is 4.57 Å². The van der Waals surface area contributed by atoms with E-state index in [4.69, 9.17) is 5.26 Å². The van der Waals surface area contributed by atoms with Crippen molar-refractivity contribution in [3.05, 3.63) is 60.4 Å². The van der Waals surface area contributed by atoms with Gasteiger partial charge in [-0.05, 0) is 30.7 Å². The maximum atomic E-state index is 10.4. The van der Waals surface area contributed by atoms with Gasteiger partial charge in [0.25, 0.3) is 0 Å². The molecule has 1 aromatic carbocycles. The second kappa shape index (κ2) is 19.1. The van der Waals surface area contributed by atoms with Crippen molar-refractivity contribution >= 4 is 10.1 Å². The maximum Gasteiger partial charge on any atom is 0.168 e. The molecule has 0 radical (unpaired) electrons. The number of nitriles is 1. The summed E-state index contributed by atoms with van der Waals surface area (Å²) in [6, 6.07) is 12.9. The molecular weight excluding hydrogens is 444 g/mol. The number of benzene rings is 1. The second-order valence-electron chi connectivity index (χ2n) is 8.80. The third-order valence-electron chi connectivity index (χ3n) is 5.82. The summed E-state index contributed by atoms with van der Waals surface area (Å²) in [5.41, 5.74) is 0.322. The molecule has 0 fully saturated rings. The fraction of sp³-hybridized carbons (Fsp3) is 0.571. The van der Waals surface area contributed by atoms with Crippen LogP contribution in [-0.2, 0) is 16.7 Å². The topological polar surface area (TPSA) is 84.9 Å². The third kappa shape index (κ3) is 15.6. The number of hydrogen-bond acceptors (Lipinski definition) is 4. The van der Waals surface area contributed by atoms with Crippen LogP contribution in [0.5, 0.6) is 0 Å². The Morgan fingerprint density at radius 2 is 1.18 bits per heavy atom. The minimum Gasteiger partial charge on any atom is -0.744 e. The Balaban J connectivity index is 0.000000404. The highest BCUT2D eigenvalue weighted by atomic mass is 32.2. The van der Waals surface area contributed by atoms with Gasteiger partial charge in [-0.3, -0.25) is 0 Å². The molecule has 1 aromatic heterocycles. The number of aryl methyl sites for hydroxylation is 1. The molecular formula is C28H42N2O3S. The van der Waals surface area contributed by atoms with Crippen molar-refractivity contribution in [3.8, 4) is 6.07 Å². The van der Waals surface area contributed by atoms with Crippen LogP contribution in [0.2, 0.25) is 0 Å². The molecule has 0 atom stereocenters.